The first-order chi connectivity index (χ1) is 9.33. The summed E-state index contributed by atoms with van der Waals surface area (Å²) in [6.45, 7) is 4.49. The molecule has 1 aromatic heterocycles. The summed E-state index contributed by atoms with van der Waals surface area (Å²) >= 11 is 1.50. The summed E-state index contributed by atoms with van der Waals surface area (Å²) in [6.07, 6.45) is 7.02. The van der Waals surface area contributed by atoms with Gasteiger partial charge >= 0.3 is 0 Å². The first-order valence-corrected chi connectivity index (χ1v) is 6.53. The van der Waals surface area contributed by atoms with E-state index in [-0.39, 0.29) is 0 Å². The zero-order valence-electron chi connectivity index (χ0n) is 10.1. The van der Waals surface area contributed by atoms with E-state index in [2.05, 4.69) is 32.3 Å². The van der Waals surface area contributed by atoms with Crippen molar-refractivity contribution in [1.29, 1.82) is 0 Å². The van der Waals surface area contributed by atoms with Gasteiger partial charge < -0.3 is 0 Å². The van der Waals surface area contributed by atoms with Gasteiger partial charge in [-0.25, -0.2) is 9.98 Å². The van der Waals surface area contributed by atoms with Gasteiger partial charge in [-0.1, -0.05) is 24.1 Å². The van der Waals surface area contributed by atoms with E-state index >= 15 is 0 Å². The van der Waals surface area contributed by atoms with E-state index in [4.69, 9.17) is 0 Å². The van der Waals surface area contributed by atoms with Crippen molar-refractivity contribution in [2.24, 2.45) is 15.0 Å². The molecular weight excluding hydrogens is 256 g/mol. The van der Waals surface area contributed by atoms with E-state index in [0.717, 1.165) is 15.8 Å². The summed E-state index contributed by atoms with van der Waals surface area (Å²) in [5.41, 5.74) is 4.64. The zero-order chi connectivity index (χ0) is 13.1. The second kappa shape index (κ2) is 5.18. The number of aliphatic imine (C=N–C) groups is 1. The molecule has 0 fully saturated rings. The highest BCUT2D eigenvalue weighted by Crippen LogP contribution is 2.28. The normalized spacial score (nSPS) is 20.9. The number of aromatic nitrogens is 1. The Morgan fingerprint density at radius 2 is 2.32 bits per heavy atom. The van der Waals surface area contributed by atoms with Gasteiger partial charge in [0.1, 0.15) is 5.36 Å². The third-order valence-corrected chi connectivity index (χ3v) is 3.48. The van der Waals surface area contributed by atoms with E-state index in [1.54, 1.807) is 18.6 Å². The highest BCUT2D eigenvalue weighted by Gasteiger charge is 2.08. The predicted octanol–water partition coefficient (Wildman–Crippen LogP) is 1.55. The Balaban J connectivity index is 2.18. The molecule has 0 N–H and O–H groups in total. The molecule has 92 valence electrons. The highest BCUT2D eigenvalue weighted by molar-refractivity contribution is 8.06. The van der Waals surface area contributed by atoms with Gasteiger partial charge in [0.15, 0.2) is 5.49 Å². The Kier molecular flexibility index (Phi) is 3.23. The van der Waals surface area contributed by atoms with Crippen molar-refractivity contribution in [2.45, 2.75) is 0 Å². The highest BCUT2D eigenvalue weighted by atomic mass is 32.2. The molecule has 0 spiro atoms. The molecule has 0 unspecified atom stereocenters. The number of thioether (sulfide) groups is 1. The second-order valence-corrected chi connectivity index (χ2v) is 4.99. The molecular formula is C14H10N4S. The minimum absolute atomic E-state index is 0.519. The smallest absolute Gasteiger partial charge is 0.173 e. The lowest BCUT2D eigenvalue weighted by Crippen LogP contribution is -2.28. The van der Waals surface area contributed by atoms with Gasteiger partial charge in [-0.05, 0) is 18.2 Å². The molecule has 0 amide bonds. The maximum atomic E-state index is 4.50. The Hall–Kier alpha value is -2.23. The molecule has 2 aliphatic rings. The van der Waals surface area contributed by atoms with Crippen molar-refractivity contribution in [3.63, 3.8) is 0 Å². The van der Waals surface area contributed by atoms with E-state index in [9.17, 15) is 0 Å². The number of pyridine rings is 1. The fraction of sp³-hybridized carbons (Fsp3) is 0.0714. The van der Waals surface area contributed by atoms with Crippen molar-refractivity contribution in [1.82, 2.24) is 4.98 Å². The topological polar surface area (TPSA) is 50.0 Å². The molecule has 19 heavy (non-hydrogen) atoms. The Morgan fingerprint density at radius 3 is 3.26 bits per heavy atom. The lowest BCUT2D eigenvalue weighted by Gasteiger charge is -2.03. The molecule has 0 aliphatic carbocycles. The first-order valence-electron chi connectivity index (χ1n) is 5.71. The average Bonchev–Trinajstić information content (AvgIpc) is 2.59. The molecule has 3 heterocycles. The average molecular weight is 266 g/mol. The Labute approximate surface area is 114 Å². The lowest BCUT2D eigenvalue weighted by atomic mass is 10.2. The van der Waals surface area contributed by atoms with Crippen LogP contribution in [-0.4, -0.2) is 17.7 Å². The number of hydrogen-bond donors (Lipinski definition) is 0. The molecule has 1 aromatic rings. The maximum Gasteiger partial charge on any atom is 0.173 e. The molecule has 5 heteroatoms. The summed E-state index contributed by atoms with van der Waals surface area (Å²) in [5, 5.41) is 1.45. The molecule has 3 rings (SSSR count). The van der Waals surface area contributed by atoms with Gasteiger partial charge in [-0.15, -0.1) is 0 Å². The van der Waals surface area contributed by atoms with Crippen LogP contribution < -0.4 is 10.8 Å². The molecule has 0 radical (unpaired) electrons. The van der Waals surface area contributed by atoms with E-state index in [0.29, 0.717) is 17.1 Å². The lowest BCUT2D eigenvalue weighted by molar-refractivity contribution is 1.00. The monoisotopic (exact) mass is 266 g/mol. The second-order valence-electron chi connectivity index (χ2n) is 3.88. The van der Waals surface area contributed by atoms with Crippen LogP contribution in [0.15, 0.2) is 73.4 Å². The third kappa shape index (κ3) is 2.62. The molecule has 4 nitrogen and oxygen atoms in total. The van der Waals surface area contributed by atoms with Gasteiger partial charge in [0, 0.05) is 22.9 Å². The van der Waals surface area contributed by atoms with Gasteiger partial charge in [-0.3, -0.25) is 9.98 Å². The van der Waals surface area contributed by atoms with Crippen LogP contribution in [0.3, 0.4) is 0 Å². The number of fused-ring (bicyclic) bond motifs is 1. The van der Waals surface area contributed by atoms with Gasteiger partial charge in [0.25, 0.3) is 0 Å². The molecule has 0 bridgehead atoms. The molecule has 0 atom stereocenters. The number of hydrogen-bond acceptors (Lipinski definition) is 5. The molecule has 2 aliphatic heterocycles. The summed E-state index contributed by atoms with van der Waals surface area (Å²) in [4.78, 5) is 18.4. The van der Waals surface area contributed by atoms with Gasteiger partial charge in [-0.2, -0.15) is 0 Å². The van der Waals surface area contributed by atoms with Crippen LogP contribution in [0, 0.1) is 0 Å². The largest absolute Gasteiger partial charge is 0.260 e. The minimum Gasteiger partial charge on any atom is -0.260 e. The summed E-state index contributed by atoms with van der Waals surface area (Å²) in [5.74, 6) is 0. The van der Waals surface area contributed by atoms with Crippen LogP contribution in [0.5, 0.6) is 0 Å². The van der Waals surface area contributed by atoms with Crippen LogP contribution in [0.2, 0.25) is 0 Å². The molecule has 0 saturated heterocycles. The number of nitrogens with zero attached hydrogens (tertiary/aromatic N) is 4. The number of allylic oxidation sites excluding steroid dienone is 1. The maximum absolute atomic E-state index is 4.50. The van der Waals surface area contributed by atoms with Crippen LogP contribution >= 0.6 is 11.8 Å². The summed E-state index contributed by atoms with van der Waals surface area (Å²) in [7, 11) is 0. The fourth-order valence-corrected chi connectivity index (χ4v) is 2.47. The van der Waals surface area contributed by atoms with Crippen LogP contribution in [0.25, 0.3) is 0 Å². The zero-order valence-corrected chi connectivity index (χ0v) is 10.9. The van der Waals surface area contributed by atoms with Crippen LogP contribution in [-0.2, 0) is 0 Å². The fourth-order valence-electron chi connectivity index (χ4n) is 1.70. The third-order valence-electron chi connectivity index (χ3n) is 2.55. The summed E-state index contributed by atoms with van der Waals surface area (Å²) in [6, 6.07) is 3.73. The minimum atomic E-state index is 0.519. The number of rotatable bonds is 0. The Bertz CT molecular complexity index is 780. The van der Waals surface area contributed by atoms with E-state index < -0.39 is 0 Å². The van der Waals surface area contributed by atoms with Crippen molar-refractivity contribution in [3.8, 4) is 0 Å². The van der Waals surface area contributed by atoms with Crippen molar-refractivity contribution in [3.05, 3.63) is 69.3 Å². The van der Waals surface area contributed by atoms with Crippen LogP contribution in [0.1, 0.15) is 0 Å². The standard InChI is InChI=1S/C14H10N4S/c1-10-18-12-4-2-7-16-14(12)17-9-11-8-15-6-3-5-13(11)19-10/h2,4-8H,1,9H2/b17-14+,18-12-. The molecule has 0 saturated carbocycles. The predicted molar refractivity (Wildman–Crippen MR) is 76.3 cm³/mol. The van der Waals surface area contributed by atoms with Gasteiger partial charge in [0.2, 0.25) is 0 Å². The Morgan fingerprint density at radius 1 is 1.37 bits per heavy atom. The SMILES string of the molecule is C=C1/N=c2/cccn/c2=N/CC2=C(C=C=CN=C2)S1. The molecule has 0 aromatic carbocycles. The van der Waals surface area contributed by atoms with E-state index in [1.807, 2.05) is 18.2 Å². The first kappa shape index (κ1) is 11.8. The quantitative estimate of drug-likeness (QED) is 0.669. The van der Waals surface area contributed by atoms with Crippen LogP contribution in [0.4, 0.5) is 0 Å². The van der Waals surface area contributed by atoms with Gasteiger partial charge in [0.05, 0.1) is 17.8 Å². The van der Waals surface area contributed by atoms with E-state index in [1.165, 1.54) is 11.8 Å². The van der Waals surface area contributed by atoms with Crippen molar-refractivity contribution < 1.29 is 0 Å². The van der Waals surface area contributed by atoms with Crippen molar-refractivity contribution >= 4 is 18.0 Å². The van der Waals surface area contributed by atoms with Crippen molar-refractivity contribution in [2.75, 3.05) is 6.54 Å². The summed E-state index contributed by atoms with van der Waals surface area (Å²) < 4.78 is 0.